The van der Waals surface area contributed by atoms with E-state index in [1.807, 2.05) is 14.0 Å². The highest BCUT2D eigenvalue weighted by Crippen LogP contribution is 2.18. The minimum absolute atomic E-state index is 0. The fourth-order valence-corrected chi connectivity index (χ4v) is 3.16. The second kappa shape index (κ2) is 13.3. The van der Waals surface area contributed by atoms with Gasteiger partial charge in [-0.05, 0) is 43.2 Å². The summed E-state index contributed by atoms with van der Waals surface area (Å²) < 4.78 is 11.0. The van der Waals surface area contributed by atoms with Gasteiger partial charge in [0, 0.05) is 47.0 Å². The third-order valence-electron chi connectivity index (χ3n) is 4.80. The molecule has 1 aromatic carbocycles. The van der Waals surface area contributed by atoms with E-state index in [1.54, 1.807) is 0 Å². The van der Waals surface area contributed by atoms with Crippen molar-refractivity contribution >= 4 is 29.9 Å². The van der Waals surface area contributed by atoms with Crippen molar-refractivity contribution in [1.29, 1.82) is 0 Å². The van der Waals surface area contributed by atoms with Crippen molar-refractivity contribution < 1.29 is 9.47 Å². The first-order chi connectivity index (χ1) is 12.2. The van der Waals surface area contributed by atoms with Gasteiger partial charge in [0.1, 0.15) is 0 Å². The molecule has 6 heteroatoms. The number of hydrogen-bond donors (Lipinski definition) is 1. The van der Waals surface area contributed by atoms with Crippen molar-refractivity contribution in [3.8, 4) is 0 Å². The molecule has 1 aromatic rings. The molecule has 0 aromatic heterocycles. The summed E-state index contributed by atoms with van der Waals surface area (Å²) in [5.41, 5.74) is 2.49. The van der Waals surface area contributed by atoms with Gasteiger partial charge >= 0.3 is 0 Å². The second-order valence-corrected chi connectivity index (χ2v) is 6.57. The Morgan fingerprint density at radius 3 is 2.62 bits per heavy atom. The van der Waals surface area contributed by atoms with Crippen LogP contribution in [0.2, 0.25) is 0 Å². The SMILES string of the molecule is CCOCc1ccccc1CNC(=NC)N(C)CCC1CCOCC1.I. The van der Waals surface area contributed by atoms with Crippen LogP contribution < -0.4 is 5.32 Å². The summed E-state index contributed by atoms with van der Waals surface area (Å²) >= 11 is 0. The van der Waals surface area contributed by atoms with Gasteiger partial charge in [-0.3, -0.25) is 4.99 Å². The number of ether oxygens (including phenoxy) is 2. The van der Waals surface area contributed by atoms with Crippen LogP contribution in [-0.4, -0.2) is 51.3 Å². The van der Waals surface area contributed by atoms with Crippen LogP contribution in [0.1, 0.15) is 37.3 Å². The van der Waals surface area contributed by atoms with Crippen LogP contribution in [0.3, 0.4) is 0 Å². The van der Waals surface area contributed by atoms with E-state index in [2.05, 4.69) is 46.5 Å². The zero-order valence-corrected chi connectivity index (χ0v) is 18.7. The van der Waals surface area contributed by atoms with Gasteiger partial charge in [-0.25, -0.2) is 0 Å². The third-order valence-corrected chi connectivity index (χ3v) is 4.80. The number of nitrogens with one attached hydrogen (secondary N) is 1. The van der Waals surface area contributed by atoms with Crippen LogP contribution in [0.5, 0.6) is 0 Å². The van der Waals surface area contributed by atoms with Crippen molar-refractivity contribution in [2.24, 2.45) is 10.9 Å². The Balaban J connectivity index is 0.00000338. The van der Waals surface area contributed by atoms with Crippen LogP contribution >= 0.6 is 24.0 Å². The minimum atomic E-state index is 0. The summed E-state index contributed by atoms with van der Waals surface area (Å²) in [6.45, 7) is 7.03. The first kappa shape index (κ1) is 23.2. The van der Waals surface area contributed by atoms with Crippen molar-refractivity contribution in [1.82, 2.24) is 10.2 Å². The fraction of sp³-hybridized carbons (Fsp3) is 0.650. The Hall–Kier alpha value is -0.860. The van der Waals surface area contributed by atoms with Crippen LogP contribution in [0.25, 0.3) is 0 Å². The van der Waals surface area contributed by atoms with Crippen LogP contribution in [-0.2, 0) is 22.6 Å². The van der Waals surface area contributed by atoms with Gasteiger partial charge in [0.05, 0.1) is 6.61 Å². The van der Waals surface area contributed by atoms with E-state index in [-0.39, 0.29) is 24.0 Å². The molecule has 0 radical (unpaired) electrons. The molecule has 0 amide bonds. The maximum Gasteiger partial charge on any atom is 0.193 e. The number of hydrogen-bond acceptors (Lipinski definition) is 3. The molecule has 1 heterocycles. The topological polar surface area (TPSA) is 46.1 Å². The van der Waals surface area contributed by atoms with E-state index in [0.717, 1.165) is 44.8 Å². The lowest BCUT2D eigenvalue weighted by Gasteiger charge is -2.27. The third kappa shape index (κ3) is 7.80. The Morgan fingerprint density at radius 2 is 1.96 bits per heavy atom. The molecule has 148 valence electrons. The van der Waals surface area contributed by atoms with E-state index in [1.165, 1.54) is 30.4 Å². The maximum atomic E-state index is 5.57. The second-order valence-electron chi connectivity index (χ2n) is 6.57. The van der Waals surface area contributed by atoms with Gasteiger partial charge in [0.15, 0.2) is 5.96 Å². The first-order valence-corrected chi connectivity index (χ1v) is 9.38. The lowest BCUT2D eigenvalue weighted by atomic mass is 9.96. The number of aliphatic imine (C=N–C) groups is 1. The lowest BCUT2D eigenvalue weighted by molar-refractivity contribution is 0.0625. The number of guanidine groups is 1. The summed E-state index contributed by atoms with van der Waals surface area (Å²) in [5.74, 6) is 1.72. The van der Waals surface area contributed by atoms with Gasteiger partial charge in [-0.2, -0.15) is 0 Å². The molecule has 1 aliphatic heterocycles. The Kier molecular flexibility index (Phi) is 11.9. The maximum absolute atomic E-state index is 5.57. The van der Waals surface area contributed by atoms with E-state index < -0.39 is 0 Å². The molecule has 1 saturated heterocycles. The highest BCUT2D eigenvalue weighted by molar-refractivity contribution is 14.0. The van der Waals surface area contributed by atoms with Crippen molar-refractivity contribution in [3.05, 3.63) is 35.4 Å². The molecule has 26 heavy (non-hydrogen) atoms. The number of benzene rings is 1. The molecule has 0 atom stereocenters. The van der Waals surface area contributed by atoms with Crippen molar-refractivity contribution in [2.75, 3.05) is 40.5 Å². The summed E-state index contributed by atoms with van der Waals surface area (Å²) in [6, 6.07) is 8.41. The molecule has 0 aliphatic carbocycles. The molecule has 0 unspecified atom stereocenters. The van der Waals surface area contributed by atoms with Crippen LogP contribution in [0.4, 0.5) is 0 Å². The van der Waals surface area contributed by atoms with Gasteiger partial charge in [0.2, 0.25) is 0 Å². The van der Waals surface area contributed by atoms with E-state index in [9.17, 15) is 0 Å². The quantitative estimate of drug-likeness (QED) is 0.354. The Labute approximate surface area is 175 Å². The van der Waals surface area contributed by atoms with Crippen LogP contribution in [0, 0.1) is 5.92 Å². The molecule has 5 nitrogen and oxygen atoms in total. The average Bonchev–Trinajstić information content (AvgIpc) is 2.66. The average molecular weight is 475 g/mol. The zero-order valence-electron chi connectivity index (χ0n) is 16.4. The summed E-state index contributed by atoms with van der Waals surface area (Å²) in [5, 5.41) is 3.49. The predicted octanol–water partition coefficient (Wildman–Crippen LogP) is 3.67. The smallest absolute Gasteiger partial charge is 0.193 e. The molecule has 2 rings (SSSR count). The summed E-state index contributed by atoms with van der Waals surface area (Å²) in [4.78, 5) is 6.66. The zero-order chi connectivity index (χ0) is 17.9. The van der Waals surface area contributed by atoms with Gasteiger partial charge in [0.25, 0.3) is 0 Å². The summed E-state index contributed by atoms with van der Waals surface area (Å²) in [6.07, 6.45) is 3.57. The Bertz CT molecular complexity index is 534. The fourth-order valence-electron chi connectivity index (χ4n) is 3.16. The number of rotatable bonds is 8. The monoisotopic (exact) mass is 475 g/mol. The molecule has 1 N–H and O–H groups in total. The van der Waals surface area contributed by atoms with E-state index in [0.29, 0.717) is 6.61 Å². The largest absolute Gasteiger partial charge is 0.381 e. The molecular weight excluding hydrogens is 441 g/mol. The molecule has 0 bridgehead atoms. The normalized spacial score (nSPS) is 15.4. The lowest BCUT2D eigenvalue weighted by Crippen LogP contribution is -2.39. The Morgan fingerprint density at radius 1 is 1.27 bits per heavy atom. The molecule has 1 aliphatic rings. The van der Waals surface area contributed by atoms with Gasteiger partial charge in [-0.1, -0.05) is 24.3 Å². The minimum Gasteiger partial charge on any atom is -0.381 e. The molecule has 0 spiro atoms. The highest BCUT2D eigenvalue weighted by Gasteiger charge is 2.15. The van der Waals surface area contributed by atoms with Crippen LogP contribution in [0.15, 0.2) is 29.3 Å². The number of halogens is 1. The molecule has 0 saturated carbocycles. The number of nitrogens with zero attached hydrogens (tertiary/aromatic N) is 2. The summed E-state index contributed by atoms with van der Waals surface area (Å²) in [7, 11) is 3.96. The predicted molar refractivity (Wildman–Crippen MR) is 118 cm³/mol. The van der Waals surface area contributed by atoms with E-state index >= 15 is 0 Å². The molecule has 1 fully saturated rings. The van der Waals surface area contributed by atoms with Crippen molar-refractivity contribution in [3.63, 3.8) is 0 Å². The van der Waals surface area contributed by atoms with E-state index in [4.69, 9.17) is 9.47 Å². The van der Waals surface area contributed by atoms with Crippen molar-refractivity contribution in [2.45, 2.75) is 39.3 Å². The van der Waals surface area contributed by atoms with Gasteiger partial charge < -0.3 is 19.7 Å². The van der Waals surface area contributed by atoms with Gasteiger partial charge in [-0.15, -0.1) is 24.0 Å². The standard InChI is InChI=1S/C20H33N3O2.HI/c1-4-24-16-19-8-6-5-7-18(19)15-22-20(21-2)23(3)12-9-17-10-13-25-14-11-17;/h5-8,17H,4,9-16H2,1-3H3,(H,21,22);1H. The highest BCUT2D eigenvalue weighted by atomic mass is 127. The first-order valence-electron chi connectivity index (χ1n) is 9.38. The molecular formula is C20H34IN3O2.